The van der Waals surface area contributed by atoms with E-state index in [2.05, 4.69) is 19.6 Å². The largest absolute Gasteiger partial charge is 0.454 e. The first kappa shape index (κ1) is 13.1. The third-order valence-electron chi connectivity index (χ3n) is 3.76. The molecule has 0 saturated carbocycles. The molecule has 2 rings (SSSR count). The van der Waals surface area contributed by atoms with E-state index < -0.39 is 0 Å². The van der Waals surface area contributed by atoms with Crippen molar-refractivity contribution in [2.24, 2.45) is 5.92 Å². The van der Waals surface area contributed by atoms with Crippen LogP contribution in [-0.2, 0) is 9.53 Å². The van der Waals surface area contributed by atoms with Gasteiger partial charge in [0.2, 0.25) is 0 Å². The van der Waals surface area contributed by atoms with Gasteiger partial charge in [-0.1, -0.05) is 18.2 Å². The molecule has 1 N–H and O–H groups in total. The van der Waals surface area contributed by atoms with Crippen molar-refractivity contribution in [2.75, 3.05) is 6.61 Å². The number of allylic oxidation sites excluding steroid dienone is 2. The molecule has 1 aliphatic carbocycles. The van der Waals surface area contributed by atoms with Gasteiger partial charge in [-0.2, -0.15) is 0 Å². The summed E-state index contributed by atoms with van der Waals surface area (Å²) in [7, 11) is 0. The van der Waals surface area contributed by atoms with Crippen LogP contribution in [0.15, 0.2) is 35.5 Å². The Bertz CT molecular complexity index is 417. The number of aliphatic hydroxyl groups is 1. The minimum absolute atomic E-state index is 0.0279. The monoisotopic (exact) mass is 248 g/mol. The predicted molar refractivity (Wildman–Crippen MR) is 69.9 cm³/mol. The van der Waals surface area contributed by atoms with Crippen LogP contribution in [0.3, 0.4) is 0 Å². The molecule has 2 atom stereocenters. The topological polar surface area (TPSA) is 46.5 Å². The lowest BCUT2D eigenvalue weighted by atomic mass is 9.88. The summed E-state index contributed by atoms with van der Waals surface area (Å²) in [6.07, 6.45) is 7.50. The van der Waals surface area contributed by atoms with E-state index in [1.807, 2.05) is 6.08 Å². The van der Waals surface area contributed by atoms with Gasteiger partial charge in [0.05, 0.1) is 6.61 Å². The Morgan fingerprint density at radius 1 is 1.50 bits per heavy atom. The number of esters is 1. The van der Waals surface area contributed by atoms with Gasteiger partial charge in [-0.05, 0) is 44.3 Å². The number of hydrogen-bond donors (Lipinski definition) is 1. The van der Waals surface area contributed by atoms with Gasteiger partial charge in [0.25, 0.3) is 0 Å². The third kappa shape index (κ3) is 2.72. The first-order valence-electron chi connectivity index (χ1n) is 6.47. The molecule has 0 unspecified atom stereocenters. The van der Waals surface area contributed by atoms with Gasteiger partial charge in [0.15, 0.2) is 0 Å². The summed E-state index contributed by atoms with van der Waals surface area (Å²) in [5.41, 5.74) is 2.85. The number of ether oxygens (including phenoxy) is 1. The first-order chi connectivity index (χ1) is 8.61. The molecule has 1 saturated heterocycles. The van der Waals surface area contributed by atoms with Crippen molar-refractivity contribution in [3.05, 3.63) is 35.5 Å². The second-order valence-corrected chi connectivity index (χ2v) is 5.11. The smallest absolute Gasteiger partial charge is 0.334 e. The average Bonchev–Trinajstić information content (AvgIpc) is 2.61. The highest BCUT2D eigenvalue weighted by molar-refractivity contribution is 5.91. The average molecular weight is 248 g/mol. The van der Waals surface area contributed by atoms with E-state index in [1.54, 1.807) is 0 Å². The Morgan fingerprint density at radius 2 is 2.28 bits per heavy atom. The molecule has 1 fully saturated rings. The quantitative estimate of drug-likeness (QED) is 0.440. The number of aliphatic hydroxyl groups excluding tert-OH is 1. The molecule has 0 aromatic carbocycles. The highest BCUT2D eigenvalue weighted by Gasteiger charge is 2.37. The summed E-state index contributed by atoms with van der Waals surface area (Å²) >= 11 is 0. The van der Waals surface area contributed by atoms with Gasteiger partial charge >= 0.3 is 5.97 Å². The van der Waals surface area contributed by atoms with Crippen LogP contribution in [0.4, 0.5) is 0 Å². The van der Waals surface area contributed by atoms with E-state index in [0.29, 0.717) is 5.57 Å². The predicted octanol–water partition coefficient (Wildman–Crippen LogP) is 2.52. The van der Waals surface area contributed by atoms with Crippen LogP contribution in [0.1, 0.15) is 32.6 Å². The lowest BCUT2D eigenvalue weighted by Gasteiger charge is -2.17. The molecule has 2 aliphatic rings. The Hall–Kier alpha value is -1.35. The number of hydrogen-bond acceptors (Lipinski definition) is 3. The minimum Gasteiger partial charge on any atom is -0.454 e. The Morgan fingerprint density at radius 3 is 3.00 bits per heavy atom. The van der Waals surface area contributed by atoms with Crippen molar-refractivity contribution < 1.29 is 14.6 Å². The maximum Gasteiger partial charge on any atom is 0.334 e. The van der Waals surface area contributed by atoms with Crippen molar-refractivity contribution in [1.29, 1.82) is 0 Å². The highest BCUT2D eigenvalue weighted by atomic mass is 16.5. The lowest BCUT2D eigenvalue weighted by Crippen LogP contribution is -2.16. The molecule has 0 bridgehead atoms. The lowest BCUT2D eigenvalue weighted by molar-refractivity contribution is -0.137. The van der Waals surface area contributed by atoms with E-state index in [0.717, 1.165) is 31.3 Å². The number of fused-ring (bicyclic) bond motifs is 1. The second-order valence-electron chi connectivity index (χ2n) is 5.11. The van der Waals surface area contributed by atoms with Gasteiger partial charge in [0, 0.05) is 11.5 Å². The Balaban J connectivity index is 2.26. The molecule has 98 valence electrons. The van der Waals surface area contributed by atoms with Crippen molar-refractivity contribution in [3.63, 3.8) is 0 Å². The van der Waals surface area contributed by atoms with E-state index in [-0.39, 0.29) is 24.6 Å². The van der Waals surface area contributed by atoms with Crippen molar-refractivity contribution in [2.45, 2.75) is 38.7 Å². The Labute approximate surface area is 108 Å². The third-order valence-corrected chi connectivity index (χ3v) is 3.76. The van der Waals surface area contributed by atoms with Crippen LogP contribution >= 0.6 is 0 Å². The van der Waals surface area contributed by atoms with E-state index in [4.69, 9.17) is 4.74 Å². The molecule has 0 amide bonds. The molecule has 0 spiro atoms. The molecular formula is C15H20O3. The summed E-state index contributed by atoms with van der Waals surface area (Å²) in [6, 6.07) is 0. The van der Waals surface area contributed by atoms with Gasteiger partial charge in [-0.15, -0.1) is 0 Å². The molecule has 0 radical (unpaired) electrons. The standard InChI is InChI=1S/C15H20O3/c1-10-4-3-5-12(9-16)8-14-13(7-6-10)11(2)15(17)18-14/h4,8,13-14,16H,2-3,5-7,9H2,1H3/b10-4+,12-8-/t13-,14+/m0/s1. The summed E-state index contributed by atoms with van der Waals surface area (Å²) in [6.45, 7) is 5.97. The normalized spacial score (nSPS) is 35.0. The van der Waals surface area contributed by atoms with Crippen LogP contribution < -0.4 is 0 Å². The van der Waals surface area contributed by atoms with Crippen LogP contribution in [0.5, 0.6) is 0 Å². The summed E-state index contributed by atoms with van der Waals surface area (Å²) in [5.74, 6) is -0.236. The molecule has 18 heavy (non-hydrogen) atoms. The van der Waals surface area contributed by atoms with Gasteiger partial charge in [-0.3, -0.25) is 0 Å². The molecular weight excluding hydrogens is 228 g/mol. The van der Waals surface area contributed by atoms with Crippen LogP contribution in [0, 0.1) is 5.92 Å². The van der Waals surface area contributed by atoms with Crippen LogP contribution in [-0.4, -0.2) is 23.8 Å². The molecule has 0 aromatic rings. The zero-order chi connectivity index (χ0) is 13.1. The summed E-state index contributed by atoms with van der Waals surface area (Å²) in [5, 5.41) is 9.34. The maximum absolute atomic E-state index is 11.6. The van der Waals surface area contributed by atoms with E-state index in [9.17, 15) is 9.90 Å². The van der Waals surface area contributed by atoms with Crippen molar-refractivity contribution in [1.82, 2.24) is 0 Å². The molecule has 1 heterocycles. The van der Waals surface area contributed by atoms with E-state index in [1.165, 1.54) is 5.57 Å². The maximum atomic E-state index is 11.6. The number of rotatable bonds is 1. The van der Waals surface area contributed by atoms with Crippen molar-refractivity contribution >= 4 is 5.97 Å². The van der Waals surface area contributed by atoms with E-state index >= 15 is 0 Å². The van der Waals surface area contributed by atoms with Crippen LogP contribution in [0.2, 0.25) is 0 Å². The van der Waals surface area contributed by atoms with Gasteiger partial charge in [0.1, 0.15) is 6.10 Å². The fourth-order valence-corrected chi connectivity index (χ4v) is 2.56. The Kier molecular flexibility index (Phi) is 4.02. The van der Waals surface area contributed by atoms with Crippen LogP contribution in [0.25, 0.3) is 0 Å². The molecule has 3 heteroatoms. The molecule has 1 aliphatic heterocycles. The summed E-state index contributed by atoms with van der Waals surface area (Å²) < 4.78 is 5.33. The highest BCUT2D eigenvalue weighted by Crippen LogP contribution is 2.34. The van der Waals surface area contributed by atoms with Gasteiger partial charge < -0.3 is 9.84 Å². The summed E-state index contributed by atoms with van der Waals surface area (Å²) in [4.78, 5) is 11.6. The second kappa shape index (κ2) is 5.53. The molecule has 3 nitrogen and oxygen atoms in total. The van der Waals surface area contributed by atoms with Crippen molar-refractivity contribution in [3.8, 4) is 0 Å². The fraction of sp³-hybridized carbons (Fsp3) is 0.533. The molecule has 0 aromatic heterocycles. The minimum atomic E-state index is -0.292. The zero-order valence-corrected chi connectivity index (χ0v) is 10.8. The first-order valence-corrected chi connectivity index (χ1v) is 6.47. The SMILES string of the molecule is C=C1C(=O)O[C@@H]2/C=C(\CO)CC/C=C(\C)CC[C@@H]12. The number of carbonyl (C=O) groups is 1. The zero-order valence-electron chi connectivity index (χ0n) is 10.8. The number of carbonyl (C=O) groups excluding carboxylic acids is 1. The fourth-order valence-electron chi connectivity index (χ4n) is 2.56. The van der Waals surface area contributed by atoms with Gasteiger partial charge in [-0.25, -0.2) is 4.79 Å².